The molecule has 516 valence electrons. The number of nitrogens with one attached hydrogen (secondary N) is 10. The van der Waals surface area contributed by atoms with Crippen LogP contribution in [-0.4, -0.2) is 214 Å². The zero-order valence-electron chi connectivity index (χ0n) is 51.8. The third kappa shape index (κ3) is 28.4. The van der Waals surface area contributed by atoms with Crippen LogP contribution in [0.15, 0.2) is 54.6 Å². The van der Waals surface area contributed by atoms with E-state index in [-0.39, 0.29) is 93.9 Å². The molecule has 14 amide bonds. The number of rotatable bonds is 30. The number of phenols is 1. The van der Waals surface area contributed by atoms with E-state index in [9.17, 15) is 77.3 Å². The first-order valence-electron chi connectivity index (χ1n) is 30.5. The molecule has 35 heteroatoms. The van der Waals surface area contributed by atoms with E-state index in [1.54, 1.807) is 30.3 Å². The van der Waals surface area contributed by atoms with Gasteiger partial charge in [0, 0.05) is 54.7 Å². The average molecular weight is 1360 g/mol. The Hall–Kier alpha value is -9.09. The van der Waals surface area contributed by atoms with Crippen molar-refractivity contribution in [3.05, 3.63) is 65.7 Å². The van der Waals surface area contributed by atoms with Crippen LogP contribution in [0.25, 0.3) is 0 Å². The van der Waals surface area contributed by atoms with Crippen molar-refractivity contribution < 1.29 is 82.1 Å². The second-order valence-electron chi connectivity index (χ2n) is 22.3. The summed E-state index contributed by atoms with van der Waals surface area (Å²) >= 11 is 2.18. The molecule has 4 rings (SSSR count). The van der Waals surface area contributed by atoms with Crippen LogP contribution in [0.3, 0.4) is 0 Å². The lowest BCUT2D eigenvalue weighted by molar-refractivity contribution is -0.142. The molecule has 0 spiro atoms. The summed E-state index contributed by atoms with van der Waals surface area (Å²) in [5.74, 6) is -14.7. The minimum atomic E-state index is -1.90. The molecular formula is C59H86N16O17S2. The Morgan fingerprint density at radius 2 is 1.21 bits per heavy atom. The second kappa shape index (κ2) is 40.8. The first-order chi connectivity index (χ1) is 44.8. The van der Waals surface area contributed by atoms with E-state index in [1.807, 2.05) is 0 Å². The number of hydrogen-bond donors (Lipinski definition) is 17. The Balaban J connectivity index is 1.89. The molecule has 33 nitrogen and oxygen atoms in total. The summed E-state index contributed by atoms with van der Waals surface area (Å²) in [6.07, 6.45) is -0.799. The first-order valence-corrected chi connectivity index (χ1v) is 32.7. The molecule has 0 radical (unpaired) electrons. The molecule has 2 saturated heterocycles. The van der Waals surface area contributed by atoms with Gasteiger partial charge in [-0.1, -0.05) is 48.9 Å². The zero-order valence-corrected chi connectivity index (χ0v) is 53.5. The number of likely N-dealkylation sites (tertiary alicyclic amines) is 1. The van der Waals surface area contributed by atoms with Crippen molar-refractivity contribution in [3.8, 4) is 5.75 Å². The van der Waals surface area contributed by atoms with Gasteiger partial charge in [0.25, 0.3) is 0 Å². The number of carboxylic acids is 1. The van der Waals surface area contributed by atoms with E-state index in [0.29, 0.717) is 24.0 Å². The Labute approximate surface area is 550 Å². The van der Waals surface area contributed by atoms with E-state index in [1.165, 1.54) is 29.2 Å². The highest BCUT2D eigenvalue weighted by molar-refractivity contribution is 8.03. The van der Waals surface area contributed by atoms with E-state index >= 15 is 4.79 Å². The number of thioether (sulfide) groups is 2. The van der Waals surface area contributed by atoms with E-state index in [2.05, 4.69) is 53.2 Å². The first kappa shape index (κ1) is 77.4. The molecule has 2 aromatic carbocycles. The molecule has 9 unspecified atom stereocenters. The number of amides is 14. The fourth-order valence-corrected chi connectivity index (χ4v) is 12.5. The lowest BCUT2D eigenvalue weighted by Crippen LogP contribution is -2.61. The molecule has 22 N–H and O–H groups in total. The van der Waals surface area contributed by atoms with Crippen LogP contribution < -0.4 is 81.8 Å². The molecule has 2 aliphatic rings. The van der Waals surface area contributed by atoms with Crippen molar-refractivity contribution in [1.29, 1.82) is 0 Å². The standard InChI is InChI=1S/C59H86N16O17S2/c60-21-7-6-12-37(52(85)67-27-47(64)79)70-58(91)44-13-8-22-75(44)59(92)43-32-94-36(11-4-5-14-51(83)84)30-93-31-42(68-50(82)29-66-49(81)28-65-48(80)26-61)57(90)72-40(24-34-15-17-35(76)18-16-34)55(88)71-39(23-33-9-2-1-3-10-33)54(87)69-38(19-20-45(62)77)53(86)73-41(25-46(63)78)56(89)74-43/h1-3,9-10,15-18,36-44,76H,4-8,11-14,19-32,60-61H2,(H2,62,77)(H2,63,78)(H2,64,79)(H,65,80)(H,66,81)(H,67,85)(H,68,82)(H,69,87)(H,70,91)(H,71,88)(H,72,90)(H,73,86)(H,74,89)(H,83,84). The quantitative estimate of drug-likeness (QED) is 0.0324. The molecule has 0 aromatic heterocycles. The highest BCUT2D eigenvalue weighted by Crippen LogP contribution is 2.27. The number of carbonyl (C=O) groups is 15. The molecule has 2 aliphatic heterocycles. The number of carboxylic acid groups (broad SMARTS) is 1. The summed E-state index contributed by atoms with van der Waals surface area (Å²) < 4.78 is 0. The minimum Gasteiger partial charge on any atom is -0.508 e. The molecule has 0 bridgehead atoms. The van der Waals surface area contributed by atoms with Gasteiger partial charge in [-0.05, 0) is 81.2 Å². The number of nitrogens with two attached hydrogens (primary N) is 5. The summed E-state index contributed by atoms with van der Waals surface area (Å²) in [4.78, 5) is 204. The molecule has 94 heavy (non-hydrogen) atoms. The highest BCUT2D eigenvalue weighted by atomic mass is 32.2. The van der Waals surface area contributed by atoms with Gasteiger partial charge < -0.3 is 96.9 Å². The Bertz CT molecular complexity index is 2990. The molecule has 9 atom stereocenters. The van der Waals surface area contributed by atoms with Crippen LogP contribution in [-0.2, 0) is 84.8 Å². The van der Waals surface area contributed by atoms with Crippen LogP contribution in [0.1, 0.15) is 88.2 Å². The zero-order chi connectivity index (χ0) is 69.3. The summed E-state index contributed by atoms with van der Waals surface area (Å²) in [6.45, 7) is -2.03. The maximum atomic E-state index is 15.2. The van der Waals surface area contributed by atoms with Crippen molar-refractivity contribution >= 4 is 112 Å². The molecule has 0 saturated carbocycles. The molecule has 2 aromatic rings. The van der Waals surface area contributed by atoms with Crippen molar-refractivity contribution in [3.63, 3.8) is 0 Å². The largest absolute Gasteiger partial charge is 0.508 e. The highest BCUT2D eigenvalue weighted by Gasteiger charge is 2.41. The van der Waals surface area contributed by atoms with Gasteiger partial charge in [0.2, 0.25) is 82.7 Å². The van der Waals surface area contributed by atoms with Gasteiger partial charge in [0.05, 0.1) is 32.6 Å². The van der Waals surface area contributed by atoms with Crippen molar-refractivity contribution in [1.82, 2.24) is 58.1 Å². The number of primary amides is 3. The Kier molecular flexibility index (Phi) is 33.6. The van der Waals surface area contributed by atoms with Crippen molar-refractivity contribution in [2.24, 2.45) is 28.7 Å². The molecule has 2 fully saturated rings. The number of phenolic OH excluding ortho intramolecular Hbond substituents is 1. The lowest BCUT2D eigenvalue weighted by Gasteiger charge is -2.31. The Morgan fingerprint density at radius 3 is 1.84 bits per heavy atom. The summed E-state index contributed by atoms with van der Waals surface area (Å²) in [7, 11) is 0. The molecule has 2 heterocycles. The molecular weight excluding hydrogens is 1270 g/mol. The second-order valence-corrected chi connectivity index (χ2v) is 24.7. The van der Waals surface area contributed by atoms with E-state index in [4.69, 9.17) is 28.7 Å². The van der Waals surface area contributed by atoms with Crippen LogP contribution in [0, 0.1) is 0 Å². The number of carbonyl (C=O) groups excluding carboxylic acids is 14. The minimum absolute atomic E-state index is 0.0535. The van der Waals surface area contributed by atoms with E-state index in [0.717, 1.165) is 23.5 Å². The van der Waals surface area contributed by atoms with Gasteiger partial charge in [-0.25, -0.2) is 0 Å². The number of hydrogen-bond acceptors (Lipinski definition) is 20. The van der Waals surface area contributed by atoms with Crippen LogP contribution in [0.5, 0.6) is 5.75 Å². The van der Waals surface area contributed by atoms with Gasteiger partial charge in [-0.15, -0.1) is 0 Å². The number of aliphatic carboxylic acids is 1. The topological polar surface area (TPSA) is 550 Å². The smallest absolute Gasteiger partial charge is 0.303 e. The predicted octanol–water partition coefficient (Wildman–Crippen LogP) is -5.88. The average Bonchev–Trinajstić information content (AvgIpc) is 1.58. The van der Waals surface area contributed by atoms with Crippen LogP contribution in [0.4, 0.5) is 0 Å². The van der Waals surface area contributed by atoms with Gasteiger partial charge in [0.1, 0.15) is 54.1 Å². The summed E-state index contributed by atoms with van der Waals surface area (Å²) in [5.41, 5.74) is 28.3. The maximum absolute atomic E-state index is 15.2. The van der Waals surface area contributed by atoms with Gasteiger partial charge in [-0.3, -0.25) is 71.9 Å². The van der Waals surface area contributed by atoms with Gasteiger partial charge in [0.15, 0.2) is 0 Å². The third-order valence-electron chi connectivity index (χ3n) is 14.7. The number of benzene rings is 2. The van der Waals surface area contributed by atoms with Crippen molar-refractivity contribution in [2.45, 2.75) is 143 Å². The van der Waals surface area contributed by atoms with Crippen molar-refractivity contribution in [2.75, 3.05) is 56.5 Å². The fourth-order valence-electron chi connectivity index (χ4n) is 9.80. The van der Waals surface area contributed by atoms with Crippen LogP contribution in [0.2, 0.25) is 0 Å². The van der Waals surface area contributed by atoms with E-state index < -0.39 is 188 Å². The SMILES string of the molecule is NCCCCC(NC(=O)C1CCCN1C(=O)C1CSC(CCCCC(=O)O)CSCC(NC(=O)CNC(=O)CNC(=O)CN)C(=O)NC(Cc2ccc(O)cc2)C(=O)NC(Cc2ccccc2)C(=O)NC(CCC(N)=O)C(=O)NC(CC(N)=O)C(=O)N1)C(=O)NCC(N)=O. The summed E-state index contributed by atoms with van der Waals surface area (Å²) in [5, 5.41) is 44.1. The number of unbranched alkanes of at least 4 members (excludes halogenated alkanes) is 2. The third-order valence-corrected chi connectivity index (χ3v) is 17.5. The normalized spacial score (nSPS) is 21.3. The number of nitrogens with zero attached hydrogens (tertiary/aromatic N) is 1. The monoisotopic (exact) mass is 1350 g/mol. The van der Waals surface area contributed by atoms with Gasteiger partial charge >= 0.3 is 5.97 Å². The predicted molar refractivity (Wildman–Crippen MR) is 342 cm³/mol. The summed E-state index contributed by atoms with van der Waals surface area (Å²) in [6, 6.07) is 1.34. The lowest BCUT2D eigenvalue weighted by atomic mass is 10.0. The number of aromatic hydroxyl groups is 1. The fraction of sp³-hybridized carbons (Fsp3) is 0.542. The maximum Gasteiger partial charge on any atom is 0.303 e. The Morgan fingerprint density at radius 1 is 0.606 bits per heavy atom. The van der Waals surface area contributed by atoms with Gasteiger partial charge in [-0.2, -0.15) is 23.5 Å². The van der Waals surface area contributed by atoms with Crippen LogP contribution >= 0.6 is 23.5 Å². The molecule has 0 aliphatic carbocycles.